The Labute approximate surface area is 310 Å². The molecule has 4 fully saturated rings. The number of likely N-dealkylation sites (tertiary alicyclic amines) is 1. The number of hydrogen-bond donors (Lipinski definition) is 1. The quantitative estimate of drug-likeness (QED) is 0.210. The lowest BCUT2D eigenvalue weighted by molar-refractivity contribution is 0.0236. The molecule has 1 spiro atoms. The number of hydrogen-bond acceptors (Lipinski definition) is 11. The van der Waals surface area contributed by atoms with Gasteiger partial charge in [0.1, 0.15) is 53.7 Å². The van der Waals surface area contributed by atoms with Crippen LogP contribution in [-0.4, -0.2) is 97.1 Å². The van der Waals surface area contributed by atoms with Crippen molar-refractivity contribution in [1.82, 2.24) is 34.5 Å². The van der Waals surface area contributed by atoms with Crippen molar-refractivity contribution in [3.05, 3.63) is 53.1 Å². The van der Waals surface area contributed by atoms with Gasteiger partial charge < -0.3 is 20.3 Å². The smallest absolute Gasteiger partial charge is 0.346 e. The number of ether oxygens (including phenoxy) is 1. The number of benzene rings is 2. The number of amides is 1. The molecular weight excluding hydrogens is 729 g/mol. The number of thiophene rings is 1. The van der Waals surface area contributed by atoms with Crippen molar-refractivity contribution in [2.45, 2.75) is 62.2 Å². The molecule has 9 rings (SSSR count). The summed E-state index contributed by atoms with van der Waals surface area (Å²) >= 11 is 7.86. The Kier molecular flexibility index (Phi) is 8.17. The predicted octanol–water partition coefficient (Wildman–Crippen LogP) is 6.55. The van der Waals surface area contributed by atoms with Crippen molar-refractivity contribution >= 4 is 60.8 Å². The first kappa shape index (κ1) is 34.1. The van der Waals surface area contributed by atoms with Crippen LogP contribution in [0, 0.1) is 23.0 Å². The molecule has 5 aromatic rings. The van der Waals surface area contributed by atoms with Crippen molar-refractivity contribution < 1.29 is 22.7 Å². The average Bonchev–Trinajstić information content (AvgIpc) is 3.89. The van der Waals surface area contributed by atoms with Crippen molar-refractivity contribution in [1.29, 1.82) is 5.26 Å². The largest absolute Gasteiger partial charge is 0.461 e. The number of nitrogens with two attached hydrogens (primary N) is 1. The van der Waals surface area contributed by atoms with Gasteiger partial charge in [-0.25, -0.2) is 22.9 Å². The number of fused-ring (bicyclic) bond motifs is 3. The van der Waals surface area contributed by atoms with E-state index in [1.165, 1.54) is 29.5 Å². The van der Waals surface area contributed by atoms with E-state index in [1.54, 1.807) is 6.07 Å². The van der Waals surface area contributed by atoms with Crippen LogP contribution in [0.3, 0.4) is 0 Å². The summed E-state index contributed by atoms with van der Waals surface area (Å²) in [4.78, 5) is 32.9. The second-order valence-electron chi connectivity index (χ2n) is 14.5. The highest BCUT2D eigenvalue weighted by Crippen LogP contribution is 2.47. The zero-order valence-electron chi connectivity index (χ0n) is 28.5. The zero-order valence-corrected chi connectivity index (χ0v) is 30.1. The van der Waals surface area contributed by atoms with Crippen molar-refractivity contribution in [3.8, 4) is 23.2 Å². The van der Waals surface area contributed by atoms with Crippen LogP contribution in [-0.2, 0) is 0 Å². The summed E-state index contributed by atoms with van der Waals surface area (Å²) in [7, 11) is 0. The lowest BCUT2D eigenvalue weighted by Gasteiger charge is -2.53. The summed E-state index contributed by atoms with van der Waals surface area (Å²) in [5.74, 6) is -1.01. The highest BCUT2D eigenvalue weighted by atomic mass is 35.5. The van der Waals surface area contributed by atoms with Gasteiger partial charge in [-0.1, -0.05) is 17.7 Å². The summed E-state index contributed by atoms with van der Waals surface area (Å²) in [6.07, 6.45) is 6.88. The van der Waals surface area contributed by atoms with Crippen LogP contribution in [0.2, 0.25) is 5.02 Å². The van der Waals surface area contributed by atoms with Gasteiger partial charge in [-0.05, 0) is 62.8 Å². The molecule has 2 unspecified atom stereocenters. The first-order chi connectivity index (χ1) is 25.6. The fourth-order valence-electron chi connectivity index (χ4n) is 9.01. The van der Waals surface area contributed by atoms with E-state index in [-0.39, 0.29) is 61.0 Å². The summed E-state index contributed by atoms with van der Waals surface area (Å²) in [5.41, 5.74) is 5.15. The number of nitriles is 1. The van der Waals surface area contributed by atoms with Gasteiger partial charge >= 0.3 is 12.0 Å². The maximum Gasteiger partial charge on any atom is 0.346 e. The summed E-state index contributed by atoms with van der Waals surface area (Å²) in [5, 5.41) is 14.6. The molecule has 53 heavy (non-hydrogen) atoms. The number of alkyl halides is 1. The van der Waals surface area contributed by atoms with Gasteiger partial charge in [0, 0.05) is 48.9 Å². The summed E-state index contributed by atoms with van der Waals surface area (Å²) in [6.45, 7) is 2.75. The first-order valence-corrected chi connectivity index (χ1v) is 18.8. The molecule has 12 nitrogen and oxygen atoms in total. The molecule has 274 valence electrons. The van der Waals surface area contributed by atoms with E-state index in [0.29, 0.717) is 43.8 Å². The number of anilines is 2. The Morgan fingerprint density at radius 3 is 2.79 bits per heavy atom. The van der Waals surface area contributed by atoms with Gasteiger partial charge in [0.15, 0.2) is 5.82 Å². The number of nitrogens with zero attached hydrogens (tertiary/aromatic N) is 9. The molecule has 0 bridgehead atoms. The molecule has 4 aliphatic heterocycles. The van der Waals surface area contributed by atoms with Crippen molar-refractivity contribution in [2.24, 2.45) is 0 Å². The standard InChI is InChI=1S/C36H34ClF3N10O2S/c37-24-12-22-29(28(40)27(24)21-4-5-25(39)30-26(21)23(14-41)31(42)53-30)45-33(52-17-36-7-3-10-48(36)15-20(38)13-36)46-32(22)47-9-2-1-6-35(16-47)8-11-49(35)34(51)50-19-43-18-44-50/h4-5,12,18-20H,1-3,6-11,13,15-17,42H2/t20?,35?,36-/m0/s1. The number of rotatable bonds is 5. The minimum atomic E-state index is -0.968. The number of nitrogen functional groups attached to an aromatic ring is 1. The molecule has 2 aromatic carbocycles. The van der Waals surface area contributed by atoms with Crippen LogP contribution in [0.25, 0.3) is 32.1 Å². The normalized spacial score (nSPS) is 24.5. The molecule has 17 heteroatoms. The van der Waals surface area contributed by atoms with Crippen LogP contribution in [0.4, 0.5) is 28.8 Å². The molecule has 3 aromatic heterocycles. The fourth-order valence-corrected chi connectivity index (χ4v) is 10.3. The Bertz CT molecular complexity index is 2340. The van der Waals surface area contributed by atoms with E-state index in [1.807, 2.05) is 15.9 Å². The third kappa shape index (κ3) is 5.38. The maximum atomic E-state index is 17.3. The average molecular weight is 763 g/mol. The van der Waals surface area contributed by atoms with Crippen LogP contribution in [0.1, 0.15) is 50.5 Å². The monoisotopic (exact) mass is 762 g/mol. The van der Waals surface area contributed by atoms with Crippen LogP contribution in [0.15, 0.2) is 30.9 Å². The lowest BCUT2D eigenvalue weighted by Crippen LogP contribution is -2.67. The Balaban J connectivity index is 1.18. The van der Waals surface area contributed by atoms with Crippen LogP contribution >= 0.6 is 22.9 Å². The maximum absolute atomic E-state index is 17.3. The molecule has 4 saturated heterocycles. The SMILES string of the molecule is N#Cc1c(N)sc2c(F)ccc(-c3c(Cl)cc4c(N5CCCCC6(CCN6C(=O)n6cncn6)C5)nc(OC[C@@]56CCCN5CC(F)C6)nc4c3F)c12. The van der Waals surface area contributed by atoms with Crippen LogP contribution < -0.4 is 15.4 Å². The van der Waals surface area contributed by atoms with E-state index in [4.69, 9.17) is 27.1 Å². The fraction of sp³-hybridized carbons (Fsp3) is 0.444. The molecule has 0 saturated carbocycles. The first-order valence-electron chi connectivity index (χ1n) is 17.7. The molecule has 1 amide bonds. The van der Waals surface area contributed by atoms with Crippen molar-refractivity contribution in [2.75, 3.05) is 50.0 Å². The second kappa shape index (κ2) is 12.7. The number of aromatic nitrogens is 5. The highest BCUT2D eigenvalue weighted by molar-refractivity contribution is 7.23. The molecular formula is C36H34ClF3N10O2S. The Hall–Kier alpha value is -4.72. The number of carbonyl (C=O) groups excluding carboxylic acids is 1. The Morgan fingerprint density at radius 1 is 1.15 bits per heavy atom. The molecule has 2 N–H and O–H groups in total. The van der Waals surface area contributed by atoms with Gasteiger partial charge in [-0.15, -0.1) is 11.3 Å². The van der Waals surface area contributed by atoms with E-state index in [9.17, 15) is 14.4 Å². The van der Waals surface area contributed by atoms with Crippen LogP contribution in [0.5, 0.6) is 6.01 Å². The van der Waals surface area contributed by atoms with Gasteiger partial charge in [-0.2, -0.15) is 25.0 Å². The third-order valence-corrected chi connectivity index (χ3v) is 12.9. The lowest BCUT2D eigenvalue weighted by atomic mass is 9.80. The predicted molar refractivity (Wildman–Crippen MR) is 194 cm³/mol. The summed E-state index contributed by atoms with van der Waals surface area (Å²) < 4.78 is 54.6. The third-order valence-electron chi connectivity index (χ3n) is 11.6. The zero-order chi connectivity index (χ0) is 36.6. The number of carbonyl (C=O) groups is 1. The minimum absolute atomic E-state index is 0.00619. The molecule has 7 heterocycles. The number of halogens is 4. The van der Waals surface area contributed by atoms with Gasteiger partial charge in [0.2, 0.25) is 0 Å². The van der Waals surface area contributed by atoms with E-state index in [0.717, 1.165) is 56.4 Å². The van der Waals surface area contributed by atoms with Gasteiger partial charge in [-0.3, -0.25) is 4.90 Å². The Morgan fingerprint density at radius 2 is 2.02 bits per heavy atom. The highest BCUT2D eigenvalue weighted by Gasteiger charge is 2.51. The molecule has 0 aliphatic carbocycles. The minimum Gasteiger partial charge on any atom is -0.461 e. The van der Waals surface area contributed by atoms with E-state index < -0.39 is 28.9 Å². The molecule has 0 radical (unpaired) electrons. The van der Waals surface area contributed by atoms with E-state index >= 15 is 8.78 Å². The molecule has 3 atom stereocenters. The second-order valence-corrected chi connectivity index (χ2v) is 16.0. The van der Waals surface area contributed by atoms with Gasteiger partial charge in [0.05, 0.1) is 26.4 Å². The van der Waals surface area contributed by atoms with Crippen molar-refractivity contribution in [3.63, 3.8) is 0 Å². The van der Waals surface area contributed by atoms with Gasteiger partial charge in [0.25, 0.3) is 0 Å². The summed E-state index contributed by atoms with van der Waals surface area (Å²) in [6, 6.07) is 5.86. The topological polar surface area (TPSA) is 142 Å². The molecule has 4 aliphatic rings. The van der Waals surface area contributed by atoms with E-state index in [2.05, 4.69) is 20.0 Å².